The summed E-state index contributed by atoms with van der Waals surface area (Å²) in [6.45, 7) is 13.1. The van der Waals surface area contributed by atoms with Crippen molar-refractivity contribution in [2.24, 2.45) is 5.16 Å². The summed E-state index contributed by atoms with van der Waals surface area (Å²) in [5.41, 5.74) is 0.963. The number of rotatable bonds is 11. The van der Waals surface area contributed by atoms with Crippen molar-refractivity contribution in [3.05, 3.63) is 72.8 Å². The van der Waals surface area contributed by atoms with E-state index in [9.17, 15) is 4.79 Å². The Bertz CT molecular complexity index is 841. The van der Waals surface area contributed by atoms with Gasteiger partial charge in [0.15, 0.2) is 0 Å². The molecule has 30 heavy (non-hydrogen) atoms. The van der Waals surface area contributed by atoms with Crippen molar-refractivity contribution in [2.45, 2.75) is 55.9 Å². The van der Waals surface area contributed by atoms with Crippen LogP contribution in [-0.4, -0.2) is 35.2 Å². The molecular weight excluding hydrogens is 392 g/mol. The minimum atomic E-state index is -0.729. The van der Waals surface area contributed by atoms with Gasteiger partial charge in [-0.05, 0) is 69.6 Å². The molecule has 2 rings (SSSR count). The van der Waals surface area contributed by atoms with Crippen LogP contribution in [-0.2, 0) is 9.63 Å². The number of oxime groups is 1. The van der Waals surface area contributed by atoms with Crippen LogP contribution in [0.25, 0.3) is 0 Å². The van der Waals surface area contributed by atoms with E-state index in [4.69, 9.17) is 4.84 Å². The molecule has 0 N–H and O–H groups in total. The van der Waals surface area contributed by atoms with E-state index < -0.39 is 5.54 Å². The van der Waals surface area contributed by atoms with Crippen LogP contribution in [0.15, 0.2) is 82.2 Å². The molecular formula is C25H32N2O2S. The van der Waals surface area contributed by atoms with Gasteiger partial charge in [0.1, 0.15) is 5.54 Å². The SMILES string of the molecule is C=CCCC(=NOC(=O)C(C)(C)N(CC)CC)c1ccc(Sc2ccccc2)cc1. The fourth-order valence-electron chi connectivity index (χ4n) is 3.17. The summed E-state index contributed by atoms with van der Waals surface area (Å²) >= 11 is 1.71. The third kappa shape index (κ3) is 6.57. The first-order valence-electron chi connectivity index (χ1n) is 10.4. The highest BCUT2D eigenvalue weighted by Crippen LogP contribution is 2.27. The Morgan fingerprint density at radius 1 is 1.07 bits per heavy atom. The molecule has 0 saturated heterocycles. The average Bonchev–Trinajstić information content (AvgIpc) is 2.75. The van der Waals surface area contributed by atoms with Gasteiger partial charge in [-0.25, -0.2) is 4.79 Å². The second kappa shape index (κ2) is 11.7. The summed E-state index contributed by atoms with van der Waals surface area (Å²) in [4.78, 5) is 22.5. The van der Waals surface area contributed by atoms with Gasteiger partial charge < -0.3 is 4.84 Å². The minimum Gasteiger partial charge on any atom is -0.316 e. The van der Waals surface area contributed by atoms with E-state index in [2.05, 4.69) is 40.9 Å². The zero-order chi connectivity index (χ0) is 22.0. The van der Waals surface area contributed by atoms with Crippen LogP contribution < -0.4 is 0 Å². The predicted octanol–water partition coefficient (Wildman–Crippen LogP) is 6.17. The number of carbonyl (C=O) groups excluding carboxylic acids is 1. The maximum absolute atomic E-state index is 12.7. The van der Waals surface area contributed by atoms with Crippen molar-refractivity contribution in [3.63, 3.8) is 0 Å². The van der Waals surface area contributed by atoms with E-state index in [1.54, 1.807) is 11.8 Å². The van der Waals surface area contributed by atoms with Gasteiger partial charge in [0.2, 0.25) is 0 Å². The lowest BCUT2D eigenvalue weighted by molar-refractivity contribution is -0.156. The standard InChI is InChI=1S/C25H32N2O2S/c1-6-9-15-23(26-29-24(28)25(4,5)27(7-2)8-3)20-16-18-22(19-17-20)30-21-13-11-10-12-14-21/h6,10-14,16-19H,1,7-9,15H2,2-5H3. The number of allylic oxidation sites excluding steroid dienone is 1. The fraction of sp³-hybridized carbons (Fsp3) is 0.360. The first-order chi connectivity index (χ1) is 14.4. The zero-order valence-corrected chi connectivity index (χ0v) is 19.2. The lowest BCUT2D eigenvalue weighted by Crippen LogP contribution is -2.50. The molecule has 0 saturated carbocycles. The molecule has 0 aliphatic carbocycles. The molecule has 0 amide bonds. The highest BCUT2D eigenvalue weighted by atomic mass is 32.2. The number of carbonyl (C=O) groups is 1. The number of nitrogens with zero attached hydrogens (tertiary/aromatic N) is 2. The lowest BCUT2D eigenvalue weighted by Gasteiger charge is -2.33. The maximum atomic E-state index is 12.7. The Morgan fingerprint density at radius 3 is 2.23 bits per heavy atom. The van der Waals surface area contributed by atoms with Crippen molar-refractivity contribution < 1.29 is 9.63 Å². The van der Waals surface area contributed by atoms with Gasteiger partial charge in [-0.3, -0.25) is 4.90 Å². The van der Waals surface area contributed by atoms with E-state index >= 15 is 0 Å². The predicted molar refractivity (Wildman–Crippen MR) is 126 cm³/mol. The topological polar surface area (TPSA) is 41.9 Å². The van der Waals surface area contributed by atoms with E-state index in [-0.39, 0.29) is 5.97 Å². The molecule has 0 unspecified atom stereocenters. The summed E-state index contributed by atoms with van der Waals surface area (Å²) < 4.78 is 0. The molecule has 0 aliphatic rings. The Kier molecular flexibility index (Phi) is 9.34. The first kappa shape index (κ1) is 23.9. The molecule has 0 atom stereocenters. The monoisotopic (exact) mass is 424 g/mol. The van der Waals surface area contributed by atoms with Crippen molar-refractivity contribution in [1.82, 2.24) is 4.90 Å². The van der Waals surface area contributed by atoms with Crippen LogP contribution >= 0.6 is 11.8 Å². The largest absolute Gasteiger partial charge is 0.354 e. The van der Waals surface area contributed by atoms with E-state index in [1.807, 2.05) is 64.1 Å². The molecule has 4 nitrogen and oxygen atoms in total. The third-order valence-electron chi connectivity index (χ3n) is 5.04. The molecule has 160 valence electrons. The quantitative estimate of drug-likeness (QED) is 0.187. The number of hydrogen-bond acceptors (Lipinski definition) is 5. The average molecular weight is 425 g/mol. The second-order valence-electron chi connectivity index (χ2n) is 7.41. The van der Waals surface area contributed by atoms with Gasteiger partial charge in [0.25, 0.3) is 0 Å². The van der Waals surface area contributed by atoms with Crippen molar-refractivity contribution in [3.8, 4) is 0 Å². The number of hydrogen-bond donors (Lipinski definition) is 0. The first-order valence-corrected chi connectivity index (χ1v) is 11.2. The highest BCUT2D eigenvalue weighted by molar-refractivity contribution is 7.99. The summed E-state index contributed by atoms with van der Waals surface area (Å²) in [6.07, 6.45) is 3.26. The van der Waals surface area contributed by atoms with E-state index in [0.717, 1.165) is 35.7 Å². The number of likely N-dealkylation sites (N-methyl/N-ethyl adjacent to an activating group) is 1. The number of benzene rings is 2. The summed E-state index contributed by atoms with van der Waals surface area (Å²) in [7, 11) is 0. The molecule has 0 fully saturated rings. The molecule has 0 bridgehead atoms. The van der Waals surface area contributed by atoms with Gasteiger partial charge >= 0.3 is 5.97 Å². The molecule has 0 aromatic heterocycles. The summed E-state index contributed by atoms with van der Waals surface area (Å²) in [6, 6.07) is 18.4. The van der Waals surface area contributed by atoms with Gasteiger partial charge in [-0.1, -0.05) is 67.2 Å². The van der Waals surface area contributed by atoms with Crippen molar-refractivity contribution in [1.29, 1.82) is 0 Å². The molecule has 5 heteroatoms. The molecule has 2 aromatic rings. The Hall–Kier alpha value is -2.37. The zero-order valence-electron chi connectivity index (χ0n) is 18.4. The van der Waals surface area contributed by atoms with Crippen LogP contribution in [0.5, 0.6) is 0 Å². The van der Waals surface area contributed by atoms with Gasteiger partial charge in [-0.15, -0.1) is 6.58 Å². The molecule has 0 radical (unpaired) electrons. The van der Waals surface area contributed by atoms with Gasteiger partial charge in [0.05, 0.1) is 5.71 Å². The molecule has 2 aromatic carbocycles. The van der Waals surface area contributed by atoms with E-state index in [0.29, 0.717) is 6.42 Å². The Morgan fingerprint density at radius 2 is 1.67 bits per heavy atom. The van der Waals surface area contributed by atoms with Gasteiger partial charge in [-0.2, -0.15) is 0 Å². The second-order valence-corrected chi connectivity index (χ2v) is 8.56. The summed E-state index contributed by atoms with van der Waals surface area (Å²) in [5.74, 6) is -0.349. The molecule has 0 spiro atoms. The van der Waals surface area contributed by atoms with E-state index in [1.165, 1.54) is 4.90 Å². The van der Waals surface area contributed by atoms with Crippen LogP contribution in [0.3, 0.4) is 0 Å². The fourth-order valence-corrected chi connectivity index (χ4v) is 4.01. The highest BCUT2D eigenvalue weighted by Gasteiger charge is 2.35. The maximum Gasteiger partial charge on any atom is 0.354 e. The molecule has 0 heterocycles. The van der Waals surface area contributed by atoms with Crippen LogP contribution in [0.2, 0.25) is 0 Å². The lowest BCUT2D eigenvalue weighted by atomic mass is 10.0. The Labute approximate surface area is 185 Å². The van der Waals surface area contributed by atoms with Gasteiger partial charge in [0, 0.05) is 9.79 Å². The Balaban J connectivity index is 2.16. The third-order valence-corrected chi connectivity index (χ3v) is 6.06. The van der Waals surface area contributed by atoms with Crippen molar-refractivity contribution >= 4 is 23.4 Å². The van der Waals surface area contributed by atoms with Crippen molar-refractivity contribution in [2.75, 3.05) is 13.1 Å². The normalized spacial score (nSPS) is 12.1. The minimum absolute atomic E-state index is 0.349. The molecule has 0 aliphatic heterocycles. The summed E-state index contributed by atoms with van der Waals surface area (Å²) in [5, 5.41) is 4.25. The smallest absolute Gasteiger partial charge is 0.316 e. The van der Waals surface area contributed by atoms with Crippen LogP contribution in [0.4, 0.5) is 0 Å². The van der Waals surface area contributed by atoms with Crippen LogP contribution in [0.1, 0.15) is 46.1 Å². The van der Waals surface area contributed by atoms with Crippen LogP contribution in [0, 0.1) is 0 Å².